The Morgan fingerprint density at radius 3 is 2.57 bits per heavy atom. The molecule has 1 aromatic rings. The van der Waals surface area contributed by atoms with Crippen LogP contribution < -0.4 is 9.80 Å². The molecule has 0 atom stereocenters. The molecule has 0 spiro atoms. The van der Waals surface area contributed by atoms with Crippen molar-refractivity contribution in [3.8, 4) is 0 Å². The number of quaternary nitrogens is 2. The van der Waals surface area contributed by atoms with Crippen molar-refractivity contribution in [3.05, 3.63) is 20.8 Å². The van der Waals surface area contributed by atoms with Gasteiger partial charge in [-0.15, -0.1) is 11.3 Å². The molecule has 0 radical (unpaired) electrons. The summed E-state index contributed by atoms with van der Waals surface area (Å²) in [7, 11) is 2.29. The number of rotatable bonds is 2. The van der Waals surface area contributed by atoms with Gasteiger partial charge in [-0.05, 0) is 28.1 Å². The van der Waals surface area contributed by atoms with E-state index in [-0.39, 0.29) is 0 Å². The van der Waals surface area contributed by atoms with Gasteiger partial charge in [-0.2, -0.15) is 0 Å². The second kappa shape index (κ2) is 4.75. The van der Waals surface area contributed by atoms with Crippen LogP contribution in [0.1, 0.15) is 4.88 Å². The van der Waals surface area contributed by atoms with E-state index in [0.717, 1.165) is 0 Å². The van der Waals surface area contributed by atoms with E-state index in [0.29, 0.717) is 0 Å². The number of piperazine rings is 1. The molecule has 4 heteroatoms. The van der Waals surface area contributed by atoms with E-state index in [9.17, 15) is 0 Å². The summed E-state index contributed by atoms with van der Waals surface area (Å²) in [5.41, 5.74) is 0. The second-order valence-electron chi connectivity index (χ2n) is 4.09. The molecule has 78 valence electrons. The summed E-state index contributed by atoms with van der Waals surface area (Å²) in [6.07, 6.45) is 0. The Morgan fingerprint density at radius 2 is 2.00 bits per heavy atom. The number of halogens is 1. The summed E-state index contributed by atoms with van der Waals surface area (Å²) in [6.45, 7) is 6.50. The van der Waals surface area contributed by atoms with Gasteiger partial charge in [0.05, 0.1) is 15.7 Å². The third-order valence-electron chi connectivity index (χ3n) is 2.86. The largest absolute Gasteiger partial charge is 0.328 e. The summed E-state index contributed by atoms with van der Waals surface area (Å²) in [5.74, 6) is 0. The van der Waals surface area contributed by atoms with Gasteiger partial charge in [-0.25, -0.2) is 0 Å². The summed E-state index contributed by atoms with van der Waals surface area (Å²) in [6, 6.07) is 4.40. The first-order chi connectivity index (χ1) is 6.74. The maximum atomic E-state index is 3.51. The fraction of sp³-hybridized carbons (Fsp3) is 0.600. The predicted octanol–water partition coefficient (Wildman–Crippen LogP) is -0.576. The van der Waals surface area contributed by atoms with Crippen LogP contribution in [0, 0.1) is 0 Å². The van der Waals surface area contributed by atoms with E-state index in [1.54, 1.807) is 9.80 Å². The first-order valence-corrected chi connectivity index (χ1v) is 6.74. The molecular weight excluding hydrogens is 260 g/mol. The van der Waals surface area contributed by atoms with Gasteiger partial charge in [0.15, 0.2) is 0 Å². The minimum atomic E-state index is 1.21. The monoisotopic (exact) mass is 276 g/mol. The quantitative estimate of drug-likeness (QED) is 0.716. The van der Waals surface area contributed by atoms with Crippen molar-refractivity contribution in [2.75, 3.05) is 33.2 Å². The molecule has 1 fully saturated rings. The van der Waals surface area contributed by atoms with Crippen molar-refractivity contribution in [2.45, 2.75) is 6.54 Å². The van der Waals surface area contributed by atoms with Crippen LogP contribution >= 0.6 is 27.3 Å². The van der Waals surface area contributed by atoms with Crippen LogP contribution in [0.5, 0.6) is 0 Å². The summed E-state index contributed by atoms with van der Waals surface area (Å²) in [4.78, 5) is 4.93. The Labute approximate surface area is 97.6 Å². The minimum Gasteiger partial charge on any atom is -0.328 e. The number of nitrogens with one attached hydrogen (secondary N) is 2. The third kappa shape index (κ3) is 2.79. The van der Waals surface area contributed by atoms with Crippen molar-refractivity contribution >= 4 is 27.3 Å². The molecule has 14 heavy (non-hydrogen) atoms. The molecule has 0 saturated carbocycles. The van der Waals surface area contributed by atoms with Crippen LogP contribution in [0.15, 0.2) is 15.9 Å². The van der Waals surface area contributed by atoms with Crippen LogP contribution in [0.25, 0.3) is 0 Å². The molecule has 1 aromatic heterocycles. The standard InChI is InChI=1S/C10H15BrN2S/c1-12-4-6-13(7-5-12)8-9-2-3-10(11)14-9/h2-3H,4-8H2,1H3/p+2. The molecule has 0 unspecified atom stereocenters. The molecule has 0 aromatic carbocycles. The zero-order valence-corrected chi connectivity index (χ0v) is 10.9. The highest BCUT2D eigenvalue weighted by atomic mass is 79.9. The molecule has 2 rings (SSSR count). The first kappa shape index (κ1) is 10.6. The van der Waals surface area contributed by atoms with Crippen molar-refractivity contribution in [2.24, 2.45) is 0 Å². The second-order valence-corrected chi connectivity index (χ2v) is 6.64. The molecule has 0 amide bonds. The average molecular weight is 277 g/mol. The van der Waals surface area contributed by atoms with Gasteiger partial charge in [0, 0.05) is 0 Å². The SMILES string of the molecule is C[NH+]1CC[NH+](Cc2ccc(Br)s2)CC1. The van der Waals surface area contributed by atoms with Crippen LogP contribution in [0.2, 0.25) is 0 Å². The highest BCUT2D eigenvalue weighted by Crippen LogP contribution is 2.21. The van der Waals surface area contributed by atoms with E-state index in [1.807, 2.05) is 11.3 Å². The van der Waals surface area contributed by atoms with E-state index < -0.39 is 0 Å². The molecule has 0 bridgehead atoms. The topological polar surface area (TPSA) is 8.88 Å². The van der Waals surface area contributed by atoms with Gasteiger partial charge in [-0.1, -0.05) is 0 Å². The molecule has 2 nitrogen and oxygen atoms in total. The van der Waals surface area contributed by atoms with Crippen LogP contribution in [-0.2, 0) is 6.54 Å². The highest BCUT2D eigenvalue weighted by molar-refractivity contribution is 9.11. The zero-order chi connectivity index (χ0) is 9.97. The van der Waals surface area contributed by atoms with E-state index in [1.165, 1.54) is 41.4 Å². The first-order valence-electron chi connectivity index (χ1n) is 5.13. The molecule has 2 N–H and O–H groups in total. The van der Waals surface area contributed by atoms with E-state index >= 15 is 0 Å². The Bertz CT molecular complexity index is 292. The van der Waals surface area contributed by atoms with Gasteiger partial charge >= 0.3 is 0 Å². The van der Waals surface area contributed by atoms with Crippen molar-refractivity contribution in [1.29, 1.82) is 0 Å². The lowest BCUT2D eigenvalue weighted by molar-refractivity contribution is -1.01. The maximum Gasteiger partial charge on any atom is 0.127 e. The Morgan fingerprint density at radius 1 is 1.29 bits per heavy atom. The smallest absolute Gasteiger partial charge is 0.127 e. The van der Waals surface area contributed by atoms with Crippen LogP contribution in [0.3, 0.4) is 0 Å². The van der Waals surface area contributed by atoms with Crippen molar-refractivity contribution in [1.82, 2.24) is 0 Å². The zero-order valence-electron chi connectivity index (χ0n) is 8.48. The van der Waals surface area contributed by atoms with Crippen LogP contribution in [-0.4, -0.2) is 33.2 Å². The van der Waals surface area contributed by atoms with E-state index in [4.69, 9.17) is 0 Å². The van der Waals surface area contributed by atoms with Gasteiger partial charge < -0.3 is 9.80 Å². The van der Waals surface area contributed by atoms with E-state index in [2.05, 4.69) is 35.1 Å². The Balaban J connectivity index is 1.86. The molecular formula is C10H17BrN2S+2. The normalized spacial score (nSPS) is 27.9. The fourth-order valence-corrected chi connectivity index (χ4v) is 3.46. The highest BCUT2D eigenvalue weighted by Gasteiger charge is 2.20. The predicted molar refractivity (Wildman–Crippen MR) is 63.0 cm³/mol. The summed E-state index contributed by atoms with van der Waals surface area (Å²) < 4.78 is 1.26. The molecule has 1 saturated heterocycles. The number of hydrogen-bond donors (Lipinski definition) is 2. The lowest BCUT2D eigenvalue weighted by Crippen LogP contribution is -3.26. The lowest BCUT2D eigenvalue weighted by Gasteiger charge is -2.26. The van der Waals surface area contributed by atoms with Gasteiger partial charge in [0.25, 0.3) is 0 Å². The number of likely N-dealkylation sites (N-methyl/N-ethyl adjacent to an activating group) is 1. The number of hydrogen-bond acceptors (Lipinski definition) is 1. The maximum absolute atomic E-state index is 3.51. The van der Waals surface area contributed by atoms with Gasteiger partial charge in [-0.3, -0.25) is 0 Å². The van der Waals surface area contributed by atoms with Gasteiger partial charge in [0.1, 0.15) is 32.7 Å². The molecule has 1 aliphatic heterocycles. The molecule has 1 aliphatic rings. The number of thiophene rings is 1. The molecule has 2 heterocycles. The third-order valence-corrected chi connectivity index (χ3v) is 4.49. The lowest BCUT2D eigenvalue weighted by atomic mass is 10.3. The van der Waals surface area contributed by atoms with Crippen LogP contribution in [0.4, 0.5) is 0 Å². The van der Waals surface area contributed by atoms with Crippen molar-refractivity contribution in [3.63, 3.8) is 0 Å². The van der Waals surface area contributed by atoms with Gasteiger partial charge in [0.2, 0.25) is 0 Å². The van der Waals surface area contributed by atoms with Crippen molar-refractivity contribution < 1.29 is 9.80 Å². The summed E-state index contributed by atoms with van der Waals surface area (Å²) in [5, 5.41) is 0. The summed E-state index contributed by atoms with van der Waals surface area (Å²) >= 11 is 5.38. The average Bonchev–Trinajstić information content (AvgIpc) is 2.56. The Hall–Kier alpha value is 0.1000. The Kier molecular flexibility index (Phi) is 3.60. The molecule has 0 aliphatic carbocycles. The fourth-order valence-electron chi connectivity index (χ4n) is 1.90. The minimum absolute atomic E-state index is 1.21.